The number of thiazole rings is 1. The number of halogens is 3. The Balaban J connectivity index is 1.31. The summed E-state index contributed by atoms with van der Waals surface area (Å²) in [7, 11) is 1.48. The van der Waals surface area contributed by atoms with Gasteiger partial charge in [-0.15, -0.1) is 11.3 Å². The van der Waals surface area contributed by atoms with Gasteiger partial charge in [0.15, 0.2) is 5.13 Å². The molecule has 12 heteroatoms. The highest BCUT2D eigenvalue weighted by molar-refractivity contribution is 7.14. The molecule has 196 valence electrons. The van der Waals surface area contributed by atoms with Crippen molar-refractivity contribution in [1.82, 2.24) is 4.98 Å². The molecule has 8 nitrogen and oxygen atoms in total. The molecular weight excluding hydrogens is 583 g/mol. The molecule has 0 spiro atoms. The monoisotopic (exact) mass is 598 g/mol. The van der Waals surface area contributed by atoms with Crippen LogP contribution in [0.2, 0.25) is 10.0 Å². The summed E-state index contributed by atoms with van der Waals surface area (Å²) in [5.74, 6) is -1.25. The van der Waals surface area contributed by atoms with Crippen molar-refractivity contribution in [3.8, 4) is 17.0 Å². The Bertz CT molecular complexity index is 1670. The van der Waals surface area contributed by atoms with Crippen molar-refractivity contribution < 1.29 is 19.1 Å². The van der Waals surface area contributed by atoms with Gasteiger partial charge < -0.3 is 10.1 Å². The highest BCUT2D eigenvalue weighted by Gasteiger charge is 2.39. The maximum atomic E-state index is 13.1. The number of amides is 3. The van der Waals surface area contributed by atoms with Gasteiger partial charge in [-0.05, 0) is 48.5 Å². The molecule has 0 radical (unpaired) electrons. The molecule has 1 aliphatic heterocycles. The first-order valence-corrected chi connectivity index (χ1v) is 13.3. The number of ether oxygens (including phenoxy) is 1. The minimum atomic E-state index is -0.674. The van der Waals surface area contributed by atoms with Gasteiger partial charge >= 0.3 is 0 Å². The summed E-state index contributed by atoms with van der Waals surface area (Å²) in [4.78, 5) is 44.2. The number of methoxy groups -OCH3 is 1. The molecule has 0 saturated heterocycles. The average molecular weight is 600 g/mol. The molecule has 1 aromatic heterocycles. The first-order valence-electron chi connectivity index (χ1n) is 11.3. The van der Waals surface area contributed by atoms with Gasteiger partial charge in [-0.25, -0.2) is 9.88 Å². The Morgan fingerprint density at radius 3 is 2.54 bits per heavy atom. The van der Waals surface area contributed by atoms with E-state index in [1.54, 1.807) is 66.0 Å². The van der Waals surface area contributed by atoms with E-state index in [4.69, 9.17) is 39.5 Å². The second kappa shape index (κ2) is 11.1. The molecule has 2 N–H and O–H groups in total. The molecule has 0 aliphatic carbocycles. The van der Waals surface area contributed by atoms with Crippen LogP contribution in [0.3, 0.4) is 0 Å². The summed E-state index contributed by atoms with van der Waals surface area (Å²) in [5.41, 5.74) is 2.17. The summed E-state index contributed by atoms with van der Waals surface area (Å²) in [6.07, 6.45) is 0. The molecule has 1 aliphatic rings. The second-order valence-electron chi connectivity index (χ2n) is 8.16. The lowest BCUT2D eigenvalue weighted by Crippen LogP contribution is -2.32. The number of hydrogen-bond donors (Lipinski definition) is 2. The van der Waals surface area contributed by atoms with Crippen LogP contribution in [0.4, 0.5) is 16.5 Å². The lowest BCUT2D eigenvalue weighted by molar-refractivity contribution is -0.120. The Morgan fingerprint density at radius 2 is 1.77 bits per heavy atom. The SMILES string of the molecule is COc1cccc(N2C(=O)C(Cl)=C(Nc3cccc(C(=O)Nc4nc(-c5ccc(Cl)cc5Cl)cs4)c3)C2=O)c1. The summed E-state index contributed by atoms with van der Waals surface area (Å²) >= 11 is 19.7. The number of carbonyl (C=O) groups is 3. The van der Waals surface area contributed by atoms with Crippen molar-refractivity contribution >= 4 is 80.4 Å². The van der Waals surface area contributed by atoms with E-state index >= 15 is 0 Å². The van der Waals surface area contributed by atoms with Crippen LogP contribution in [-0.2, 0) is 9.59 Å². The molecule has 0 atom stereocenters. The summed E-state index contributed by atoms with van der Waals surface area (Å²) in [5, 5.41) is 8.47. The fraction of sp³-hybridized carbons (Fsp3) is 0.0370. The molecule has 4 aromatic rings. The quantitative estimate of drug-likeness (QED) is 0.226. The predicted molar refractivity (Wildman–Crippen MR) is 154 cm³/mol. The molecule has 3 aromatic carbocycles. The fourth-order valence-electron chi connectivity index (χ4n) is 3.80. The van der Waals surface area contributed by atoms with Gasteiger partial charge in [0.2, 0.25) is 0 Å². The van der Waals surface area contributed by atoms with Crippen LogP contribution in [0.25, 0.3) is 11.3 Å². The van der Waals surface area contributed by atoms with Crippen molar-refractivity contribution in [2.75, 3.05) is 22.6 Å². The van der Waals surface area contributed by atoms with Crippen LogP contribution in [0.5, 0.6) is 5.75 Å². The van der Waals surface area contributed by atoms with E-state index in [0.717, 1.165) is 4.90 Å². The van der Waals surface area contributed by atoms with Gasteiger partial charge in [-0.3, -0.25) is 19.7 Å². The summed E-state index contributed by atoms with van der Waals surface area (Å²) in [6, 6.07) is 18.0. The van der Waals surface area contributed by atoms with Crippen LogP contribution in [-0.4, -0.2) is 29.8 Å². The maximum Gasteiger partial charge on any atom is 0.283 e. The molecular formula is C27H17Cl3N4O4S. The number of nitrogens with one attached hydrogen (secondary N) is 2. The number of carbonyl (C=O) groups excluding carboxylic acids is 3. The summed E-state index contributed by atoms with van der Waals surface area (Å²) in [6.45, 7) is 0. The van der Waals surface area contributed by atoms with Crippen molar-refractivity contribution in [3.63, 3.8) is 0 Å². The second-order valence-corrected chi connectivity index (χ2v) is 10.2. The third-order valence-corrected chi connectivity index (χ3v) is 7.32. The van der Waals surface area contributed by atoms with E-state index in [1.807, 2.05) is 0 Å². The van der Waals surface area contributed by atoms with Crippen LogP contribution in [0.1, 0.15) is 10.4 Å². The number of rotatable bonds is 7. The molecule has 3 amide bonds. The first-order chi connectivity index (χ1) is 18.7. The van der Waals surface area contributed by atoms with Crippen molar-refractivity contribution in [2.24, 2.45) is 0 Å². The highest BCUT2D eigenvalue weighted by atomic mass is 35.5. The number of imide groups is 1. The highest BCUT2D eigenvalue weighted by Crippen LogP contribution is 2.34. The smallest absolute Gasteiger partial charge is 0.283 e. The van der Waals surface area contributed by atoms with E-state index in [9.17, 15) is 14.4 Å². The number of aromatic nitrogens is 1. The van der Waals surface area contributed by atoms with Crippen molar-refractivity contribution in [3.05, 3.63) is 98.4 Å². The van der Waals surface area contributed by atoms with Crippen LogP contribution >= 0.6 is 46.1 Å². The number of anilines is 3. The van der Waals surface area contributed by atoms with E-state index in [-0.39, 0.29) is 10.7 Å². The van der Waals surface area contributed by atoms with Crippen LogP contribution in [0, 0.1) is 0 Å². The fourth-order valence-corrected chi connectivity index (χ4v) is 5.22. The lowest BCUT2D eigenvalue weighted by Gasteiger charge is -2.16. The molecule has 0 bridgehead atoms. The zero-order valence-electron chi connectivity index (χ0n) is 20.0. The molecule has 0 saturated carbocycles. The minimum Gasteiger partial charge on any atom is -0.497 e. The maximum absolute atomic E-state index is 13.1. The third-order valence-electron chi connectivity index (χ3n) is 5.66. The van der Waals surface area contributed by atoms with E-state index in [0.29, 0.717) is 49.1 Å². The van der Waals surface area contributed by atoms with Crippen LogP contribution in [0.15, 0.2) is 82.8 Å². The standard InChI is InChI=1S/C27H17Cl3N4O4S/c1-38-18-7-3-6-17(12-18)34-25(36)22(30)23(26(34)37)31-16-5-2-4-14(10-16)24(35)33-27-32-21(13-39-27)19-9-8-15(28)11-20(19)29/h2-13,31H,1H3,(H,32,33,35). The van der Waals surface area contributed by atoms with Crippen molar-refractivity contribution in [1.29, 1.82) is 0 Å². The van der Waals surface area contributed by atoms with Crippen molar-refractivity contribution in [2.45, 2.75) is 0 Å². The normalized spacial score (nSPS) is 13.2. The third kappa shape index (κ3) is 5.48. The molecule has 39 heavy (non-hydrogen) atoms. The Labute approximate surface area is 241 Å². The van der Waals surface area contributed by atoms with Gasteiger partial charge in [0.1, 0.15) is 16.5 Å². The minimum absolute atomic E-state index is 0.105. The molecule has 0 fully saturated rings. The molecule has 0 unspecified atom stereocenters. The number of nitrogens with zero attached hydrogens (tertiary/aromatic N) is 2. The van der Waals surface area contributed by atoms with E-state index in [2.05, 4.69) is 15.6 Å². The van der Waals surface area contributed by atoms with Gasteiger partial charge in [-0.1, -0.05) is 46.9 Å². The van der Waals surface area contributed by atoms with Gasteiger partial charge in [0.25, 0.3) is 17.7 Å². The average Bonchev–Trinajstić information content (AvgIpc) is 3.47. The Kier molecular flexibility index (Phi) is 7.58. The Hall–Kier alpha value is -3.89. The van der Waals surface area contributed by atoms with Gasteiger partial charge in [0, 0.05) is 33.3 Å². The largest absolute Gasteiger partial charge is 0.497 e. The topological polar surface area (TPSA) is 101 Å². The van der Waals surface area contributed by atoms with Gasteiger partial charge in [0.05, 0.1) is 23.5 Å². The zero-order valence-corrected chi connectivity index (χ0v) is 23.1. The number of hydrogen-bond acceptors (Lipinski definition) is 7. The molecule has 5 rings (SSSR count). The number of benzene rings is 3. The molecule has 2 heterocycles. The van der Waals surface area contributed by atoms with E-state index < -0.39 is 17.7 Å². The zero-order chi connectivity index (χ0) is 27.7. The summed E-state index contributed by atoms with van der Waals surface area (Å²) < 4.78 is 5.18. The predicted octanol–water partition coefficient (Wildman–Crippen LogP) is 6.81. The van der Waals surface area contributed by atoms with Crippen LogP contribution < -0.4 is 20.3 Å². The first kappa shape index (κ1) is 26.7. The lowest BCUT2D eigenvalue weighted by atomic mass is 10.2. The van der Waals surface area contributed by atoms with E-state index in [1.165, 1.54) is 24.5 Å². The van der Waals surface area contributed by atoms with Gasteiger partial charge in [-0.2, -0.15) is 0 Å². The Morgan fingerprint density at radius 1 is 0.974 bits per heavy atom.